The van der Waals surface area contributed by atoms with Crippen LogP contribution in [0, 0.1) is 5.92 Å². The largest absolute Gasteiger partial charge is 0.347 e. The Kier molecular flexibility index (Phi) is 6.12. The predicted octanol–water partition coefficient (Wildman–Crippen LogP) is 1.40. The van der Waals surface area contributed by atoms with Crippen molar-refractivity contribution in [3.05, 3.63) is 0 Å². The first-order chi connectivity index (χ1) is 6.13. The average Bonchev–Trinajstić information content (AvgIpc) is 2.17. The lowest BCUT2D eigenvalue weighted by molar-refractivity contribution is -0.131. The van der Waals surface area contributed by atoms with Gasteiger partial charge in [-0.15, -0.1) is 12.4 Å². The third kappa shape index (κ3) is 3.46. The third-order valence-corrected chi connectivity index (χ3v) is 2.88. The molecule has 2 N–H and O–H groups in total. The van der Waals surface area contributed by atoms with Crippen LogP contribution in [0.2, 0.25) is 0 Å². The summed E-state index contributed by atoms with van der Waals surface area (Å²) in [6, 6.07) is -0.268. The van der Waals surface area contributed by atoms with E-state index >= 15 is 0 Å². The van der Waals surface area contributed by atoms with Crippen LogP contribution >= 0.6 is 12.4 Å². The molecule has 0 saturated heterocycles. The molecule has 1 atom stereocenters. The van der Waals surface area contributed by atoms with E-state index in [1.165, 1.54) is 19.3 Å². The number of nitrogens with two attached hydrogens (primary N) is 1. The van der Waals surface area contributed by atoms with Gasteiger partial charge in [-0.05, 0) is 18.8 Å². The Labute approximate surface area is 92.4 Å². The maximum absolute atomic E-state index is 11.5. The van der Waals surface area contributed by atoms with Gasteiger partial charge in [0.1, 0.15) is 0 Å². The average molecular weight is 221 g/mol. The molecule has 0 radical (unpaired) electrons. The number of hydrogen-bond acceptors (Lipinski definition) is 2. The summed E-state index contributed by atoms with van der Waals surface area (Å²) in [5.41, 5.74) is 5.90. The zero-order chi connectivity index (χ0) is 9.84. The van der Waals surface area contributed by atoms with Crippen molar-refractivity contribution in [2.45, 2.75) is 38.1 Å². The first-order valence-electron chi connectivity index (χ1n) is 5.09. The lowest BCUT2D eigenvalue weighted by Gasteiger charge is -2.28. The maximum Gasteiger partial charge on any atom is 0.239 e. The third-order valence-electron chi connectivity index (χ3n) is 2.88. The number of nitrogens with zero attached hydrogens (tertiary/aromatic N) is 1. The summed E-state index contributed by atoms with van der Waals surface area (Å²) in [5.74, 6) is 0.496. The molecule has 0 heterocycles. The maximum atomic E-state index is 11.5. The topological polar surface area (TPSA) is 46.3 Å². The van der Waals surface area contributed by atoms with E-state index in [-0.39, 0.29) is 24.4 Å². The molecule has 1 amide bonds. The van der Waals surface area contributed by atoms with E-state index in [1.807, 2.05) is 0 Å². The molecule has 1 aliphatic rings. The normalized spacial score (nSPS) is 19.6. The van der Waals surface area contributed by atoms with Gasteiger partial charge in [-0.3, -0.25) is 4.79 Å². The minimum absolute atomic E-state index is 0. The standard InChI is InChI=1S/C10H20N2O.ClH/c1-12(2)10(13)9(11)8-6-4-3-5-7-8;/h8-9H,3-7,11H2,1-2H3;1H. The molecule has 4 heteroatoms. The van der Waals surface area contributed by atoms with Gasteiger partial charge in [0.15, 0.2) is 0 Å². The molecule has 1 fully saturated rings. The Bertz CT molecular complexity index is 179. The smallest absolute Gasteiger partial charge is 0.239 e. The van der Waals surface area contributed by atoms with Crippen molar-refractivity contribution in [2.75, 3.05) is 14.1 Å². The zero-order valence-corrected chi connectivity index (χ0v) is 9.85. The molecule has 0 spiro atoms. The summed E-state index contributed by atoms with van der Waals surface area (Å²) in [5, 5.41) is 0. The molecule has 0 aromatic rings. The van der Waals surface area contributed by atoms with Gasteiger partial charge in [-0.2, -0.15) is 0 Å². The number of likely N-dealkylation sites (N-methyl/N-ethyl adjacent to an activating group) is 1. The van der Waals surface area contributed by atoms with Crippen molar-refractivity contribution in [1.82, 2.24) is 4.90 Å². The van der Waals surface area contributed by atoms with E-state index in [2.05, 4.69) is 0 Å². The molecule has 84 valence electrons. The van der Waals surface area contributed by atoms with Gasteiger partial charge in [0, 0.05) is 14.1 Å². The van der Waals surface area contributed by atoms with Gasteiger partial charge in [0.2, 0.25) is 5.91 Å². The lowest BCUT2D eigenvalue weighted by Crippen LogP contribution is -2.45. The number of hydrogen-bond donors (Lipinski definition) is 1. The Hall–Kier alpha value is -0.280. The van der Waals surface area contributed by atoms with Crippen LogP contribution in [0.3, 0.4) is 0 Å². The minimum atomic E-state index is -0.268. The molecule has 3 nitrogen and oxygen atoms in total. The van der Waals surface area contributed by atoms with Crippen molar-refractivity contribution in [3.63, 3.8) is 0 Å². The van der Waals surface area contributed by atoms with Gasteiger partial charge in [0.25, 0.3) is 0 Å². The fourth-order valence-corrected chi connectivity index (χ4v) is 1.99. The highest BCUT2D eigenvalue weighted by Gasteiger charge is 2.26. The molecule has 14 heavy (non-hydrogen) atoms. The summed E-state index contributed by atoms with van der Waals surface area (Å²) in [6.45, 7) is 0. The van der Waals surface area contributed by atoms with E-state index in [0.717, 1.165) is 12.8 Å². The molecule has 0 aliphatic heterocycles. The summed E-state index contributed by atoms with van der Waals surface area (Å²) < 4.78 is 0. The molecule has 0 bridgehead atoms. The van der Waals surface area contributed by atoms with Crippen LogP contribution in [0.4, 0.5) is 0 Å². The van der Waals surface area contributed by atoms with E-state index in [4.69, 9.17) is 5.73 Å². The Balaban J connectivity index is 0.00000169. The van der Waals surface area contributed by atoms with Crippen molar-refractivity contribution < 1.29 is 4.79 Å². The van der Waals surface area contributed by atoms with E-state index in [9.17, 15) is 4.79 Å². The van der Waals surface area contributed by atoms with Crippen LogP contribution < -0.4 is 5.73 Å². The Morgan fingerprint density at radius 3 is 2.21 bits per heavy atom. The predicted molar refractivity (Wildman–Crippen MR) is 60.5 cm³/mol. The summed E-state index contributed by atoms with van der Waals surface area (Å²) >= 11 is 0. The molecular formula is C10H21ClN2O. The molecule has 0 aromatic carbocycles. The second-order valence-corrected chi connectivity index (χ2v) is 4.16. The number of carbonyl (C=O) groups excluding carboxylic acids is 1. The van der Waals surface area contributed by atoms with Crippen LogP contribution in [0.15, 0.2) is 0 Å². The summed E-state index contributed by atoms with van der Waals surface area (Å²) in [4.78, 5) is 13.1. The van der Waals surface area contributed by atoms with Gasteiger partial charge in [0.05, 0.1) is 6.04 Å². The first-order valence-corrected chi connectivity index (χ1v) is 5.09. The van der Waals surface area contributed by atoms with Crippen LogP contribution in [0.1, 0.15) is 32.1 Å². The molecule has 1 aliphatic carbocycles. The zero-order valence-electron chi connectivity index (χ0n) is 9.03. The minimum Gasteiger partial charge on any atom is -0.347 e. The molecule has 0 aromatic heterocycles. The van der Waals surface area contributed by atoms with Crippen LogP contribution in [-0.2, 0) is 4.79 Å². The monoisotopic (exact) mass is 220 g/mol. The van der Waals surface area contributed by atoms with Gasteiger partial charge < -0.3 is 10.6 Å². The second kappa shape index (κ2) is 6.25. The highest BCUT2D eigenvalue weighted by atomic mass is 35.5. The Morgan fingerprint density at radius 2 is 1.79 bits per heavy atom. The number of amides is 1. The van der Waals surface area contributed by atoms with Crippen molar-refractivity contribution in [2.24, 2.45) is 11.7 Å². The molecule has 1 saturated carbocycles. The lowest BCUT2D eigenvalue weighted by atomic mass is 9.84. The van der Waals surface area contributed by atoms with Gasteiger partial charge in [-0.1, -0.05) is 19.3 Å². The van der Waals surface area contributed by atoms with Crippen LogP contribution in [-0.4, -0.2) is 30.9 Å². The fraction of sp³-hybridized carbons (Fsp3) is 0.900. The Morgan fingerprint density at radius 1 is 1.29 bits per heavy atom. The quantitative estimate of drug-likeness (QED) is 0.765. The second-order valence-electron chi connectivity index (χ2n) is 4.16. The molecule has 1 unspecified atom stereocenters. The summed E-state index contributed by atoms with van der Waals surface area (Å²) in [7, 11) is 3.54. The SMILES string of the molecule is CN(C)C(=O)C(N)C1CCCCC1.Cl. The number of halogens is 1. The highest BCUT2D eigenvalue weighted by Crippen LogP contribution is 2.26. The van der Waals surface area contributed by atoms with Crippen LogP contribution in [0.5, 0.6) is 0 Å². The highest BCUT2D eigenvalue weighted by molar-refractivity contribution is 5.85. The van der Waals surface area contributed by atoms with E-state index in [0.29, 0.717) is 5.92 Å². The fourth-order valence-electron chi connectivity index (χ4n) is 1.99. The summed E-state index contributed by atoms with van der Waals surface area (Å²) in [6.07, 6.45) is 6.03. The van der Waals surface area contributed by atoms with E-state index < -0.39 is 0 Å². The van der Waals surface area contributed by atoms with E-state index in [1.54, 1.807) is 19.0 Å². The first kappa shape index (κ1) is 13.7. The van der Waals surface area contributed by atoms with Crippen molar-refractivity contribution in [3.8, 4) is 0 Å². The number of rotatable bonds is 2. The van der Waals surface area contributed by atoms with Crippen molar-refractivity contribution in [1.29, 1.82) is 0 Å². The number of carbonyl (C=O) groups is 1. The van der Waals surface area contributed by atoms with Crippen LogP contribution in [0.25, 0.3) is 0 Å². The molecular weight excluding hydrogens is 200 g/mol. The molecule has 1 rings (SSSR count). The van der Waals surface area contributed by atoms with Gasteiger partial charge in [-0.25, -0.2) is 0 Å². The van der Waals surface area contributed by atoms with Gasteiger partial charge >= 0.3 is 0 Å². The van der Waals surface area contributed by atoms with Crippen molar-refractivity contribution >= 4 is 18.3 Å².